The Labute approximate surface area is 176 Å². The summed E-state index contributed by atoms with van der Waals surface area (Å²) in [4.78, 5) is 8.89. The topological polar surface area (TPSA) is 78.5 Å². The Bertz CT molecular complexity index is 1070. The lowest BCUT2D eigenvalue weighted by Gasteiger charge is -2.42. The predicted molar refractivity (Wildman–Crippen MR) is 107 cm³/mol. The van der Waals surface area contributed by atoms with E-state index in [9.17, 15) is 18.3 Å². The molecule has 2 fully saturated rings. The van der Waals surface area contributed by atoms with Gasteiger partial charge in [-0.3, -0.25) is 4.98 Å². The Balaban J connectivity index is 1.41. The Morgan fingerprint density at radius 1 is 1.13 bits per heavy atom. The van der Waals surface area contributed by atoms with E-state index in [2.05, 4.69) is 25.1 Å². The number of aliphatic hydroxyl groups is 1. The molecule has 0 spiro atoms. The molecule has 164 valence electrons. The third-order valence-corrected chi connectivity index (χ3v) is 6.06. The number of rotatable bonds is 5. The van der Waals surface area contributed by atoms with Gasteiger partial charge in [0, 0.05) is 37.3 Å². The van der Waals surface area contributed by atoms with E-state index in [0.29, 0.717) is 28.2 Å². The average molecular weight is 433 g/mol. The number of nitrogens with zero attached hydrogens (tertiary/aromatic N) is 5. The molecular formula is C21H22F3N5O2. The summed E-state index contributed by atoms with van der Waals surface area (Å²) in [5.41, 5.74) is 2.62. The molecule has 3 aromatic rings. The normalized spacial score (nSPS) is 19.2. The van der Waals surface area contributed by atoms with Gasteiger partial charge in [0.25, 0.3) is 0 Å². The molecule has 0 saturated carbocycles. The van der Waals surface area contributed by atoms with Gasteiger partial charge < -0.3 is 14.9 Å². The van der Waals surface area contributed by atoms with Crippen molar-refractivity contribution in [2.24, 2.45) is 5.92 Å². The van der Waals surface area contributed by atoms with Crippen LogP contribution in [0.4, 0.5) is 18.9 Å². The van der Waals surface area contributed by atoms with Crippen LogP contribution >= 0.6 is 0 Å². The fraction of sp³-hybridized carbons (Fsp3) is 0.476. The summed E-state index contributed by atoms with van der Waals surface area (Å²) in [6, 6.07) is 5.95. The van der Waals surface area contributed by atoms with Gasteiger partial charge in [-0.1, -0.05) is 0 Å². The Hall–Kier alpha value is -2.72. The van der Waals surface area contributed by atoms with Gasteiger partial charge in [-0.05, 0) is 66.1 Å². The van der Waals surface area contributed by atoms with E-state index < -0.39 is 12.3 Å². The van der Waals surface area contributed by atoms with Crippen LogP contribution in [0.1, 0.15) is 24.5 Å². The molecule has 1 N–H and O–H groups in total. The van der Waals surface area contributed by atoms with Crippen molar-refractivity contribution in [2.45, 2.75) is 25.1 Å². The first kappa shape index (κ1) is 20.2. The van der Waals surface area contributed by atoms with Crippen molar-refractivity contribution < 1.29 is 22.9 Å². The maximum atomic E-state index is 12.9. The summed E-state index contributed by atoms with van der Waals surface area (Å²) in [6.07, 6.45) is -3.52. The van der Waals surface area contributed by atoms with Gasteiger partial charge in [-0.25, -0.2) is 4.63 Å². The molecule has 1 aromatic carbocycles. The highest BCUT2D eigenvalue weighted by atomic mass is 19.4. The van der Waals surface area contributed by atoms with Crippen molar-refractivity contribution in [1.29, 1.82) is 0 Å². The smallest absolute Gasteiger partial charge is 0.379 e. The second-order valence-electron chi connectivity index (χ2n) is 8.32. The first-order valence-corrected chi connectivity index (χ1v) is 10.3. The number of benzene rings is 1. The molecule has 1 unspecified atom stereocenters. The second-order valence-corrected chi connectivity index (χ2v) is 8.32. The van der Waals surface area contributed by atoms with Crippen LogP contribution < -0.4 is 4.90 Å². The fourth-order valence-electron chi connectivity index (χ4n) is 4.44. The van der Waals surface area contributed by atoms with Crippen LogP contribution in [-0.4, -0.2) is 64.2 Å². The standard InChI is InChI=1S/C21H22F3N5O2/c22-21(23,24)20(30)14-3-4-25-16(7-14)15-8-17-19(27-31-26-17)18(9-15)29-11-13(12-29)10-28-5-1-2-6-28/h3-4,7-9,13,20,30H,1-2,5-6,10-12H2. The molecule has 4 heterocycles. The van der Waals surface area contributed by atoms with E-state index in [0.717, 1.165) is 44.5 Å². The molecular weight excluding hydrogens is 411 g/mol. The number of hydrogen-bond donors (Lipinski definition) is 1. The molecule has 0 bridgehead atoms. The minimum atomic E-state index is -4.74. The van der Waals surface area contributed by atoms with E-state index in [1.54, 1.807) is 6.07 Å². The second kappa shape index (κ2) is 7.76. The average Bonchev–Trinajstić information content (AvgIpc) is 3.40. The molecule has 2 aliphatic heterocycles. The molecule has 10 heteroatoms. The van der Waals surface area contributed by atoms with Crippen LogP contribution in [0.2, 0.25) is 0 Å². The number of anilines is 1. The lowest BCUT2D eigenvalue weighted by atomic mass is 9.97. The maximum absolute atomic E-state index is 12.9. The van der Waals surface area contributed by atoms with Gasteiger partial charge in [-0.2, -0.15) is 13.2 Å². The number of hydrogen-bond acceptors (Lipinski definition) is 7. The quantitative estimate of drug-likeness (QED) is 0.661. The van der Waals surface area contributed by atoms with Crippen molar-refractivity contribution >= 4 is 16.7 Å². The zero-order chi connectivity index (χ0) is 21.6. The monoisotopic (exact) mass is 433 g/mol. The number of aliphatic hydroxyl groups excluding tert-OH is 1. The number of alkyl halides is 3. The van der Waals surface area contributed by atoms with Crippen LogP contribution in [0.5, 0.6) is 0 Å². The molecule has 31 heavy (non-hydrogen) atoms. The number of likely N-dealkylation sites (tertiary alicyclic amines) is 1. The molecule has 0 radical (unpaired) electrons. The molecule has 1 atom stereocenters. The van der Waals surface area contributed by atoms with Gasteiger partial charge >= 0.3 is 6.18 Å². The molecule has 5 rings (SSSR count). The molecule has 0 aliphatic carbocycles. The third kappa shape index (κ3) is 3.97. The molecule has 2 aromatic heterocycles. The Morgan fingerprint density at radius 2 is 1.90 bits per heavy atom. The van der Waals surface area contributed by atoms with Crippen LogP contribution in [-0.2, 0) is 0 Å². The summed E-state index contributed by atoms with van der Waals surface area (Å²) < 4.78 is 43.7. The van der Waals surface area contributed by atoms with Crippen LogP contribution in [0.25, 0.3) is 22.3 Å². The van der Waals surface area contributed by atoms with Gasteiger partial charge in [0.15, 0.2) is 11.6 Å². The van der Waals surface area contributed by atoms with Crippen molar-refractivity contribution in [1.82, 2.24) is 20.2 Å². The maximum Gasteiger partial charge on any atom is 0.418 e. The fourth-order valence-corrected chi connectivity index (χ4v) is 4.44. The molecule has 7 nitrogen and oxygen atoms in total. The van der Waals surface area contributed by atoms with E-state index >= 15 is 0 Å². The Morgan fingerprint density at radius 3 is 2.65 bits per heavy atom. The SMILES string of the molecule is OC(c1ccnc(-c2cc(N3CC(CN4CCCC4)C3)c3nonc3c2)c1)C(F)(F)F. The third-order valence-electron chi connectivity index (χ3n) is 6.06. The minimum absolute atomic E-state index is 0.257. The highest BCUT2D eigenvalue weighted by Crippen LogP contribution is 2.37. The van der Waals surface area contributed by atoms with Crippen LogP contribution in [0.15, 0.2) is 35.1 Å². The van der Waals surface area contributed by atoms with Crippen molar-refractivity contribution in [3.63, 3.8) is 0 Å². The lowest BCUT2D eigenvalue weighted by Crippen LogP contribution is -2.51. The zero-order valence-corrected chi connectivity index (χ0v) is 16.7. The molecule has 2 saturated heterocycles. The van der Waals surface area contributed by atoms with Crippen LogP contribution in [0.3, 0.4) is 0 Å². The number of pyridine rings is 1. The van der Waals surface area contributed by atoms with Crippen molar-refractivity contribution in [2.75, 3.05) is 37.6 Å². The van der Waals surface area contributed by atoms with Crippen molar-refractivity contribution in [3.05, 3.63) is 36.0 Å². The van der Waals surface area contributed by atoms with Gasteiger partial charge in [0.2, 0.25) is 0 Å². The molecule has 0 amide bonds. The lowest BCUT2D eigenvalue weighted by molar-refractivity contribution is -0.206. The first-order chi connectivity index (χ1) is 14.9. The largest absolute Gasteiger partial charge is 0.418 e. The summed E-state index contributed by atoms with van der Waals surface area (Å²) in [6.45, 7) is 5.16. The number of fused-ring (bicyclic) bond motifs is 1. The summed E-state index contributed by atoms with van der Waals surface area (Å²) in [5, 5.41) is 17.5. The summed E-state index contributed by atoms with van der Waals surface area (Å²) in [5.74, 6) is 0.569. The number of halogens is 3. The van der Waals surface area contributed by atoms with Gasteiger partial charge in [0.1, 0.15) is 5.52 Å². The summed E-state index contributed by atoms with van der Waals surface area (Å²) >= 11 is 0. The van der Waals surface area contributed by atoms with Crippen LogP contribution in [0, 0.1) is 5.92 Å². The number of aromatic nitrogens is 3. The predicted octanol–water partition coefficient (Wildman–Crippen LogP) is 3.41. The van der Waals surface area contributed by atoms with Gasteiger partial charge in [-0.15, -0.1) is 0 Å². The Kier molecular flexibility index (Phi) is 5.05. The first-order valence-electron chi connectivity index (χ1n) is 10.3. The minimum Gasteiger partial charge on any atom is -0.379 e. The zero-order valence-electron chi connectivity index (χ0n) is 16.7. The van der Waals surface area contributed by atoms with Crippen molar-refractivity contribution in [3.8, 4) is 11.3 Å². The highest BCUT2D eigenvalue weighted by molar-refractivity contribution is 5.92. The van der Waals surface area contributed by atoms with E-state index in [-0.39, 0.29) is 5.56 Å². The van der Waals surface area contributed by atoms with Gasteiger partial charge in [0.05, 0.1) is 11.4 Å². The van der Waals surface area contributed by atoms with E-state index in [1.807, 2.05) is 6.07 Å². The van der Waals surface area contributed by atoms with E-state index in [4.69, 9.17) is 4.63 Å². The summed E-state index contributed by atoms with van der Waals surface area (Å²) in [7, 11) is 0. The highest BCUT2D eigenvalue weighted by Gasteiger charge is 2.39. The van der Waals surface area contributed by atoms with E-state index in [1.165, 1.54) is 25.1 Å². The molecule has 2 aliphatic rings.